The van der Waals surface area contributed by atoms with Crippen LogP contribution in [0.5, 0.6) is 0 Å². The summed E-state index contributed by atoms with van der Waals surface area (Å²) in [5, 5.41) is 8.47. The molecule has 0 saturated carbocycles. The van der Waals surface area contributed by atoms with Gasteiger partial charge in [0.25, 0.3) is 0 Å². The van der Waals surface area contributed by atoms with Crippen LogP contribution in [0.4, 0.5) is 0 Å². The Kier molecular flexibility index (Phi) is 4.94. The lowest BCUT2D eigenvalue weighted by molar-refractivity contribution is -0.117. The Balaban J connectivity index is 2.79. The van der Waals surface area contributed by atoms with Crippen molar-refractivity contribution in [1.82, 2.24) is 10.3 Å². The van der Waals surface area contributed by atoms with Crippen molar-refractivity contribution in [3.05, 3.63) is 42.0 Å². The first kappa shape index (κ1) is 13.0. The fourth-order valence-corrected chi connectivity index (χ4v) is 1.24. The van der Waals surface area contributed by atoms with Crippen LogP contribution in [0, 0.1) is 0 Å². The number of carbonyl (C=O) groups excluding carboxylic acids is 1. The minimum Gasteiger partial charge on any atom is -0.310 e. The predicted molar refractivity (Wildman–Crippen MR) is 70.4 cm³/mol. The molecule has 1 aromatic carbocycles. The molecule has 0 spiro atoms. The zero-order valence-corrected chi connectivity index (χ0v) is 10.3. The van der Waals surface area contributed by atoms with E-state index in [9.17, 15) is 4.79 Å². The summed E-state index contributed by atoms with van der Waals surface area (Å²) in [5.41, 5.74) is 1.06. The van der Waals surface area contributed by atoms with Crippen molar-refractivity contribution in [3.8, 4) is 0 Å². The third-order valence-electron chi connectivity index (χ3n) is 1.85. The second kappa shape index (κ2) is 6.48. The minimum atomic E-state index is -0.136. The topological polar surface area (TPSA) is 44.7 Å². The molecular formula is C13H17N3O. The molecule has 4 nitrogen and oxygen atoms in total. The number of amidine groups is 1. The van der Waals surface area contributed by atoms with Crippen LogP contribution in [0.3, 0.4) is 0 Å². The van der Waals surface area contributed by atoms with Crippen LogP contribution in [0.1, 0.15) is 12.5 Å². The van der Waals surface area contributed by atoms with Crippen molar-refractivity contribution in [1.29, 1.82) is 0 Å². The van der Waals surface area contributed by atoms with Gasteiger partial charge >= 0.3 is 0 Å². The zero-order valence-electron chi connectivity index (χ0n) is 10.3. The van der Waals surface area contributed by atoms with Gasteiger partial charge in [-0.1, -0.05) is 36.4 Å². The molecule has 4 heteroatoms. The van der Waals surface area contributed by atoms with E-state index in [1.807, 2.05) is 36.4 Å². The van der Waals surface area contributed by atoms with Gasteiger partial charge in [-0.05, 0) is 11.6 Å². The van der Waals surface area contributed by atoms with Crippen LogP contribution in [0.15, 0.2) is 41.5 Å². The quantitative estimate of drug-likeness (QED) is 0.489. The number of hydrogen-bond donors (Lipinski definition) is 1. The monoisotopic (exact) mass is 231 g/mol. The number of hydrazone groups is 1. The lowest BCUT2D eigenvalue weighted by Gasteiger charge is -2.07. The maximum absolute atomic E-state index is 11.0. The van der Waals surface area contributed by atoms with E-state index in [0.717, 1.165) is 5.56 Å². The highest BCUT2D eigenvalue weighted by atomic mass is 16.1. The highest BCUT2D eigenvalue weighted by Gasteiger charge is 1.97. The summed E-state index contributed by atoms with van der Waals surface area (Å²) >= 11 is 0. The maximum atomic E-state index is 11.0. The van der Waals surface area contributed by atoms with Crippen LogP contribution >= 0.6 is 0 Å². The van der Waals surface area contributed by atoms with Gasteiger partial charge in [0.2, 0.25) is 5.91 Å². The Bertz CT molecular complexity index is 422. The first-order valence-electron chi connectivity index (χ1n) is 5.34. The van der Waals surface area contributed by atoms with Gasteiger partial charge in [0, 0.05) is 21.0 Å². The zero-order chi connectivity index (χ0) is 12.7. The SMILES string of the molecule is CC(=O)NC(/C=C/c1ccccc1)=N/N(C)C. The van der Waals surface area contributed by atoms with Crippen LogP contribution in [-0.4, -0.2) is 30.8 Å². The average Bonchev–Trinajstić information content (AvgIpc) is 2.26. The fraction of sp³-hybridized carbons (Fsp3) is 0.231. The first-order chi connectivity index (χ1) is 8.08. The molecule has 0 aromatic heterocycles. The molecule has 0 aliphatic heterocycles. The molecule has 0 saturated heterocycles. The third-order valence-corrected chi connectivity index (χ3v) is 1.85. The summed E-state index contributed by atoms with van der Waals surface area (Å²) in [6.45, 7) is 1.46. The highest BCUT2D eigenvalue weighted by molar-refractivity contribution is 6.05. The molecule has 0 aliphatic rings. The maximum Gasteiger partial charge on any atom is 0.222 e. The van der Waals surface area contributed by atoms with Gasteiger partial charge in [0.1, 0.15) is 0 Å². The van der Waals surface area contributed by atoms with Crippen LogP contribution < -0.4 is 5.32 Å². The standard InChI is InChI=1S/C13H17N3O/c1-11(17)14-13(15-16(2)3)10-9-12-7-5-4-6-8-12/h4-10H,1-3H3,(H,14,15,17)/b10-9+. The summed E-state index contributed by atoms with van der Waals surface area (Å²) in [5.74, 6) is 0.384. The molecule has 0 heterocycles. The second-order valence-electron chi connectivity index (χ2n) is 3.76. The molecule has 0 atom stereocenters. The van der Waals surface area contributed by atoms with Gasteiger partial charge in [0.05, 0.1) is 0 Å². The molecule has 1 rings (SSSR count). The van der Waals surface area contributed by atoms with Crippen molar-refractivity contribution in [2.45, 2.75) is 6.92 Å². The molecule has 0 unspecified atom stereocenters. The van der Waals surface area contributed by atoms with E-state index < -0.39 is 0 Å². The Morgan fingerprint density at radius 1 is 1.29 bits per heavy atom. The summed E-state index contributed by atoms with van der Waals surface area (Å²) in [6.07, 6.45) is 3.68. The van der Waals surface area contributed by atoms with E-state index in [-0.39, 0.29) is 5.91 Å². The Morgan fingerprint density at radius 2 is 1.94 bits per heavy atom. The van der Waals surface area contributed by atoms with Crippen LogP contribution in [-0.2, 0) is 4.79 Å². The third kappa shape index (κ3) is 5.51. The van der Waals surface area contributed by atoms with Crippen molar-refractivity contribution in [2.24, 2.45) is 5.10 Å². The van der Waals surface area contributed by atoms with Gasteiger partial charge < -0.3 is 10.3 Å². The van der Waals surface area contributed by atoms with Crippen molar-refractivity contribution >= 4 is 17.8 Å². The van der Waals surface area contributed by atoms with Gasteiger partial charge in [-0.25, -0.2) is 0 Å². The van der Waals surface area contributed by atoms with Gasteiger partial charge in [-0.2, -0.15) is 5.10 Å². The van der Waals surface area contributed by atoms with E-state index in [4.69, 9.17) is 0 Å². The van der Waals surface area contributed by atoms with Crippen molar-refractivity contribution < 1.29 is 4.79 Å². The lowest BCUT2D eigenvalue weighted by atomic mass is 10.2. The second-order valence-corrected chi connectivity index (χ2v) is 3.76. The molecule has 90 valence electrons. The van der Waals surface area contributed by atoms with E-state index in [2.05, 4.69) is 10.4 Å². The van der Waals surface area contributed by atoms with E-state index in [1.165, 1.54) is 6.92 Å². The van der Waals surface area contributed by atoms with E-state index >= 15 is 0 Å². The Morgan fingerprint density at radius 3 is 2.47 bits per heavy atom. The normalized spacial score (nSPS) is 11.6. The fourth-order valence-electron chi connectivity index (χ4n) is 1.24. The number of carbonyl (C=O) groups is 1. The molecule has 0 aliphatic carbocycles. The summed E-state index contributed by atoms with van der Waals surface area (Å²) in [4.78, 5) is 11.0. The summed E-state index contributed by atoms with van der Waals surface area (Å²) in [7, 11) is 3.61. The smallest absolute Gasteiger partial charge is 0.222 e. The minimum absolute atomic E-state index is 0.136. The van der Waals surface area contributed by atoms with E-state index in [0.29, 0.717) is 5.84 Å². The van der Waals surface area contributed by atoms with Gasteiger partial charge in [-0.3, -0.25) is 4.79 Å². The molecule has 0 radical (unpaired) electrons. The van der Waals surface area contributed by atoms with Crippen molar-refractivity contribution in [3.63, 3.8) is 0 Å². The molecule has 0 fully saturated rings. The van der Waals surface area contributed by atoms with Crippen LogP contribution in [0.25, 0.3) is 6.08 Å². The number of amides is 1. The van der Waals surface area contributed by atoms with Gasteiger partial charge in [0.15, 0.2) is 5.84 Å². The Labute approximate surface area is 102 Å². The number of benzene rings is 1. The Hall–Kier alpha value is -2.10. The number of hydrogen-bond acceptors (Lipinski definition) is 3. The first-order valence-corrected chi connectivity index (χ1v) is 5.34. The largest absolute Gasteiger partial charge is 0.310 e. The predicted octanol–water partition coefficient (Wildman–Crippen LogP) is 1.71. The molecule has 0 bridgehead atoms. The highest BCUT2D eigenvalue weighted by Crippen LogP contribution is 2.00. The molecular weight excluding hydrogens is 214 g/mol. The molecule has 1 N–H and O–H groups in total. The van der Waals surface area contributed by atoms with Crippen molar-refractivity contribution in [2.75, 3.05) is 14.1 Å². The summed E-state index contributed by atoms with van der Waals surface area (Å²) < 4.78 is 0. The number of nitrogens with one attached hydrogen (secondary N) is 1. The average molecular weight is 231 g/mol. The number of nitrogens with zero attached hydrogens (tertiary/aromatic N) is 2. The molecule has 1 amide bonds. The molecule has 17 heavy (non-hydrogen) atoms. The van der Waals surface area contributed by atoms with E-state index in [1.54, 1.807) is 25.2 Å². The molecule has 1 aromatic rings. The van der Waals surface area contributed by atoms with Crippen LogP contribution in [0.2, 0.25) is 0 Å². The number of rotatable bonds is 3. The lowest BCUT2D eigenvalue weighted by Crippen LogP contribution is -2.28. The van der Waals surface area contributed by atoms with Gasteiger partial charge in [-0.15, -0.1) is 0 Å². The summed E-state index contributed by atoms with van der Waals surface area (Å²) in [6, 6.07) is 9.84.